The van der Waals surface area contributed by atoms with Crippen LogP contribution in [0.15, 0.2) is 39.9 Å². The minimum atomic E-state index is 0.117. The first kappa shape index (κ1) is 19.0. The Morgan fingerprint density at radius 1 is 1.19 bits per heavy atom. The molecule has 26 heavy (non-hydrogen) atoms. The van der Waals surface area contributed by atoms with E-state index in [-0.39, 0.29) is 5.11 Å². The molecule has 2 heterocycles. The lowest BCUT2D eigenvalue weighted by Crippen LogP contribution is -2.45. The summed E-state index contributed by atoms with van der Waals surface area (Å²) in [6.45, 7) is 4.42. The fourth-order valence-corrected chi connectivity index (χ4v) is 3.38. The molecule has 0 radical (unpaired) electrons. The average Bonchev–Trinajstić information content (AvgIpc) is 3.01. The van der Waals surface area contributed by atoms with Crippen LogP contribution in [0, 0.1) is 0 Å². The second kappa shape index (κ2) is 8.73. The summed E-state index contributed by atoms with van der Waals surface area (Å²) in [6, 6.07) is 9.46. The molecular weight excluding hydrogens is 393 g/mol. The van der Waals surface area contributed by atoms with Gasteiger partial charge in [0.05, 0.1) is 12.8 Å². The minimum absolute atomic E-state index is 0.117. The summed E-state index contributed by atoms with van der Waals surface area (Å²) >= 11 is 16.9. The highest BCUT2D eigenvalue weighted by atomic mass is 35.5. The fourth-order valence-electron chi connectivity index (χ4n) is 2.81. The molecule has 0 saturated carbocycles. The van der Waals surface area contributed by atoms with Crippen LogP contribution in [0.2, 0.25) is 10.0 Å². The molecule has 9 heteroatoms. The first-order valence-corrected chi connectivity index (χ1v) is 9.26. The molecule has 6 nitrogen and oxygen atoms in total. The van der Waals surface area contributed by atoms with Crippen molar-refractivity contribution in [3.8, 4) is 0 Å². The summed E-state index contributed by atoms with van der Waals surface area (Å²) in [5.41, 5.74) is 8.86. The van der Waals surface area contributed by atoms with E-state index in [2.05, 4.69) is 32.5 Å². The molecule has 3 N–H and O–H groups in total. The topological polar surface area (TPSA) is 70.0 Å². The van der Waals surface area contributed by atoms with Crippen LogP contribution in [0.1, 0.15) is 11.5 Å². The first-order chi connectivity index (χ1) is 12.5. The molecule has 1 fully saturated rings. The van der Waals surface area contributed by atoms with Crippen LogP contribution in [-0.2, 0) is 6.54 Å². The predicted molar refractivity (Wildman–Crippen MR) is 110 cm³/mol. The van der Waals surface area contributed by atoms with E-state index in [4.69, 9.17) is 33.4 Å². The van der Waals surface area contributed by atoms with Crippen LogP contribution in [0.3, 0.4) is 0 Å². The molecule has 1 aromatic carbocycles. The van der Waals surface area contributed by atoms with Gasteiger partial charge in [-0.15, -0.1) is 0 Å². The monoisotopic (exact) mass is 411 g/mol. The maximum Gasteiger partial charge on any atom is 0.184 e. The second-order valence-corrected chi connectivity index (χ2v) is 7.24. The molecule has 1 aliphatic rings. The molecule has 0 aliphatic carbocycles. The third-order valence-corrected chi connectivity index (χ3v) is 4.54. The van der Waals surface area contributed by atoms with E-state index in [0.29, 0.717) is 15.8 Å². The van der Waals surface area contributed by atoms with Gasteiger partial charge >= 0.3 is 0 Å². The van der Waals surface area contributed by atoms with E-state index < -0.39 is 0 Å². The van der Waals surface area contributed by atoms with Crippen LogP contribution in [-0.4, -0.2) is 42.4 Å². The Balaban J connectivity index is 1.52. The number of halogens is 2. The molecule has 1 saturated heterocycles. The number of hydrazone groups is 1. The van der Waals surface area contributed by atoms with Crippen LogP contribution >= 0.6 is 35.4 Å². The zero-order valence-corrected chi connectivity index (χ0v) is 16.3. The number of nitrogens with zero attached hydrogens (tertiary/aromatic N) is 3. The highest BCUT2D eigenvalue weighted by Crippen LogP contribution is 2.26. The SMILES string of the molecule is NC(=S)N/N=C/c1ccc(CN2CCN(c3cc(Cl)cc(Cl)c3)CC2)o1. The second-order valence-electron chi connectivity index (χ2n) is 5.93. The average molecular weight is 412 g/mol. The van der Waals surface area contributed by atoms with Crippen molar-refractivity contribution in [2.45, 2.75) is 6.54 Å². The molecule has 0 unspecified atom stereocenters. The lowest BCUT2D eigenvalue weighted by atomic mass is 10.2. The van der Waals surface area contributed by atoms with Gasteiger partial charge in [-0.1, -0.05) is 23.2 Å². The molecule has 0 amide bonds. The van der Waals surface area contributed by atoms with Crippen molar-refractivity contribution in [3.63, 3.8) is 0 Å². The van der Waals surface area contributed by atoms with Gasteiger partial charge in [-0.3, -0.25) is 10.3 Å². The van der Waals surface area contributed by atoms with E-state index in [1.165, 1.54) is 0 Å². The molecule has 1 aliphatic heterocycles. The number of hydrogen-bond donors (Lipinski definition) is 2. The lowest BCUT2D eigenvalue weighted by Gasteiger charge is -2.35. The molecule has 0 bridgehead atoms. The first-order valence-electron chi connectivity index (χ1n) is 8.10. The van der Waals surface area contributed by atoms with E-state index in [1.54, 1.807) is 12.3 Å². The van der Waals surface area contributed by atoms with Gasteiger partial charge in [0.1, 0.15) is 11.5 Å². The molecule has 0 spiro atoms. The van der Waals surface area contributed by atoms with E-state index >= 15 is 0 Å². The maximum atomic E-state index is 6.10. The van der Waals surface area contributed by atoms with Crippen LogP contribution < -0.4 is 16.1 Å². The molecule has 1 aromatic heterocycles. The molecular formula is C17H19Cl2N5OS. The number of benzene rings is 1. The predicted octanol–water partition coefficient (Wildman–Crippen LogP) is 3.08. The third-order valence-electron chi connectivity index (χ3n) is 4.01. The Labute approximate surface area is 167 Å². The molecule has 138 valence electrons. The van der Waals surface area contributed by atoms with Gasteiger partial charge in [0.15, 0.2) is 5.11 Å². The summed E-state index contributed by atoms with van der Waals surface area (Å²) < 4.78 is 5.75. The lowest BCUT2D eigenvalue weighted by molar-refractivity contribution is 0.230. The van der Waals surface area contributed by atoms with Crippen molar-refractivity contribution in [2.75, 3.05) is 31.1 Å². The van der Waals surface area contributed by atoms with Crippen molar-refractivity contribution < 1.29 is 4.42 Å². The quantitative estimate of drug-likeness (QED) is 0.447. The number of rotatable bonds is 5. The van der Waals surface area contributed by atoms with E-state index in [0.717, 1.165) is 44.2 Å². The highest BCUT2D eigenvalue weighted by Gasteiger charge is 2.19. The summed E-state index contributed by atoms with van der Waals surface area (Å²) in [5, 5.41) is 5.31. The number of anilines is 1. The number of hydrogen-bond acceptors (Lipinski definition) is 5. The number of piperazine rings is 1. The molecule has 2 aromatic rings. The van der Waals surface area contributed by atoms with Gasteiger partial charge in [-0.2, -0.15) is 5.10 Å². The van der Waals surface area contributed by atoms with Gasteiger partial charge in [-0.25, -0.2) is 0 Å². The van der Waals surface area contributed by atoms with Gasteiger partial charge in [0.2, 0.25) is 0 Å². The normalized spacial score (nSPS) is 15.5. The van der Waals surface area contributed by atoms with E-state index in [1.807, 2.05) is 24.3 Å². The van der Waals surface area contributed by atoms with Crippen molar-refractivity contribution >= 4 is 52.4 Å². The zero-order valence-electron chi connectivity index (χ0n) is 14.0. The third kappa shape index (κ3) is 5.35. The van der Waals surface area contributed by atoms with Crippen molar-refractivity contribution in [2.24, 2.45) is 10.8 Å². The maximum absolute atomic E-state index is 6.10. The number of thiocarbonyl (C=S) groups is 1. The zero-order chi connectivity index (χ0) is 18.5. The van der Waals surface area contributed by atoms with Gasteiger partial charge < -0.3 is 15.1 Å². The summed E-state index contributed by atoms with van der Waals surface area (Å²) in [7, 11) is 0. The number of furan rings is 1. The molecule has 3 rings (SSSR count). The summed E-state index contributed by atoms with van der Waals surface area (Å²) in [5.74, 6) is 1.54. The Hall–Kier alpha value is -1.80. The Morgan fingerprint density at radius 3 is 2.54 bits per heavy atom. The van der Waals surface area contributed by atoms with Crippen molar-refractivity contribution in [1.29, 1.82) is 0 Å². The van der Waals surface area contributed by atoms with Gasteiger partial charge in [-0.05, 0) is 42.5 Å². The Morgan fingerprint density at radius 2 is 1.88 bits per heavy atom. The number of nitrogens with two attached hydrogens (primary N) is 1. The molecule has 0 atom stereocenters. The highest BCUT2D eigenvalue weighted by molar-refractivity contribution is 7.80. The van der Waals surface area contributed by atoms with Crippen LogP contribution in [0.4, 0.5) is 5.69 Å². The van der Waals surface area contributed by atoms with Crippen molar-refractivity contribution in [1.82, 2.24) is 10.3 Å². The van der Waals surface area contributed by atoms with Crippen LogP contribution in [0.5, 0.6) is 0 Å². The Kier molecular flexibility index (Phi) is 6.37. The summed E-state index contributed by atoms with van der Waals surface area (Å²) in [4.78, 5) is 4.63. The van der Waals surface area contributed by atoms with Crippen LogP contribution in [0.25, 0.3) is 0 Å². The largest absolute Gasteiger partial charge is 0.459 e. The summed E-state index contributed by atoms with van der Waals surface area (Å²) in [6.07, 6.45) is 1.55. The fraction of sp³-hybridized carbons (Fsp3) is 0.294. The number of nitrogens with one attached hydrogen (secondary N) is 1. The smallest absolute Gasteiger partial charge is 0.184 e. The van der Waals surface area contributed by atoms with Gasteiger partial charge in [0.25, 0.3) is 0 Å². The van der Waals surface area contributed by atoms with Crippen molar-refractivity contribution in [3.05, 3.63) is 51.9 Å². The minimum Gasteiger partial charge on any atom is -0.459 e. The Bertz CT molecular complexity index is 782. The standard InChI is InChI=1S/C17H19Cl2N5OS/c18-12-7-13(19)9-14(8-12)24-5-3-23(4-6-24)11-16-2-1-15(25-16)10-21-22-17(20)26/h1-2,7-10H,3-6,11H2,(H3,20,22,26)/b21-10+. The van der Waals surface area contributed by atoms with Gasteiger partial charge in [0, 0.05) is 41.9 Å². The van der Waals surface area contributed by atoms with E-state index in [9.17, 15) is 0 Å².